The molecule has 1 heterocycles. The van der Waals surface area contributed by atoms with E-state index < -0.39 is 5.92 Å². The van der Waals surface area contributed by atoms with Crippen molar-refractivity contribution in [2.24, 2.45) is 5.92 Å². The van der Waals surface area contributed by atoms with Crippen LogP contribution in [0.15, 0.2) is 30.7 Å². The van der Waals surface area contributed by atoms with Gasteiger partial charge in [0.15, 0.2) is 0 Å². The van der Waals surface area contributed by atoms with Gasteiger partial charge in [-0.2, -0.15) is 0 Å². The predicted molar refractivity (Wildman–Crippen MR) is 57.3 cm³/mol. The molecule has 3 nitrogen and oxygen atoms in total. The molecule has 5 heteroatoms. The molecule has 15 heavy (non-hydrogen) atoms. The summed E-state index contributed by atoms with van der Waals surface area (Å²) in [6, 6.07) is 3.19. The zero-order valence-corrected chi connectivity index (χ0v) is 8.83. The number of hydrogen-bond donors (Lipinski definition) is 1. The summed E-state index contributed by atoms with van der Waals surface area (Å²) < 4.78 is 11.8. The van der Waals surface area contributed by atoms with E-state index >= 15 is 0 Å². The number of amides is 1. The molecule has 0 radical (unpaired) electrons. The molecule has 0 aromatic carbocycles. The number of nitrogens with zero attached hydrogens (tertiary/aromatic N) is 1. The molecule has 0 fully saturated rings. The van der Waals surface area contributed by atoms with Gasteiger partial charge in [0.1, 0.15) is 5.82 Å². The number of carbonyl (C=O) groups excluding carboxylic acids is 1. The van der Waals surface area contributed by atoms with E-state index in [2.05, 4.69) is 10.3 Å². The summed E-state index contributed by atoms with van der Waals surface area (Å²) in [6.07, 6.45) is 2.93. The molecule has 0 aliphatic heterocycles. The summed E-state index contributed by atoms with van der Waals surface area (Å²) in [5.74, 6) is -0.463. The van der Waals surface area contributed by atoms with Gasteiger partial charge in [-0.1, -0.05) is 11.6 Å². The fourth-order valence-corrected chi connectivity index (χ4v) is 0.998. The quantitative estimate of drug-likeness (QED) is 0.865. The molecule has 1 rings (SSSR count). The van der Waals surface area contributed by atoms with Gasteiger partial charge in [0.05, 0.1) is 17.3 Å². The van der Waals surface area contributed by atoms with Gasteiger partial charge in [-0.25, -0.2) is 9.37 Å². The number of anilines is 1. The Hall–Kier alpha value is -1.42. The minimum absolute atomic E-state index is 0.321. The third-order valence-electron chi connectivity index (χ3n) is 1.75. The van der Waals surface area contributed by atoms with E-state index in [-0.39, 0.29) is 5.91 Å². The maximum Gasteiger partial charge on any atom is 0.232 e. The van der Waals surface area contributed by atoms with Crippen LogP contribution in [0.5, 0.6) is 0 Å². The van der Waals surface area contributed by atoms with Crippen LogP contribution >= 0.6 is 11.6 Å². The van der Waals surface area contributed by atoms with E-state index in [0.29, 0.717) is 17.2 Å². The molecule has 0 saturated heterocycles. The van der Waals surface area contributed by atoms with Gasteiger partial charge in [0.25, 0.3) is 0 Å². The van der Waals surface area contributed by atoms with Gasteiger partial charge in [-0.3, -0.25) is 4.79 Å². The van der Waals surface area contributed by atoms with Crippen molar-refractivity contribution in [3.05, 3.63) is 35.8 Å². The van der Waals surface area contributed by atoms with E-state index in [1.54, 1.807) is 19.1 Å². The van der Waals surface area contributed by atoms with Crippen molar-refractivity contribution in [1.29, 1.82) is 0 Å². The molecule has 0 saturated carbocycles. The van der Waals surface area contributed by atoms with Crippen LogP contribution in [0.2, 0.25) is 5.02 Å². The van der Waals surface area contributed by atoms with Gasteiger partial charge in [-0.05, 0) is 25.1 Å². The van der Waals surface area contributed by atoms with Crippen LogP contribution < -0.4 is 5.32 Å². The second-order valence-electron chi connectivity index (χ2n) is 2.96. The molecule has 1 N–H and O–H groups in total. The molecule has 1 unspecified atom stereocenters. The highest BCUT2D eigenvalue weighted by Crippen LogP contribution is 2.10. The molecule has 0 bridgehead atoms. The monoisotopic (exact) mass is 228 g/mol. The molecule has 0 spiro atoms. The number of aromatic nitrogens is 1. The Bertz CT molecular complexity index is 364. The van der Waals surface area contributed by atoms with E-state index in [0.717, 1.165) is 6.08 Å². The first-order valence-electron chi connectivity index (χ1n) is 4.33. The normalized spacial score (nSPS) is 12.7. The Morgan fingerprint density at radius 3 is 2.93 bits per heavy atom. The van der Waals surface area contributed by atoms with Gasteiger partial charge in [-0.15, -0.1) is 0 Å². The maximum atomic E-state index is 11.8. The summed E-state index contributed by atoms with van der Waals surface area (Å²) in [4.78, 5) is 15.3. The number of carbonyl (C=O) groups is 1. The number of halogens is 2. The van der Waals surface area contributed by atoms with Crippen LogP contribution in [0.4, 0.5) is 10.2 Å². The summed E-state index contributed by atoms with van der Waals surface area (Å²) in [5, 5.41) is 3.02. The Kier molecular flexibility index (Phi) is 4.24. The fourth-order valence-electron chi connectivity index (χ4n) is 0.886. The highest BCUT2D eigenvalue weighted by Gasteiger charge is 2.09. The van der Waals surface area contributed by atoms with Crippen molar-refractivity contribution in [2.45, 2.75) is 6.92 Å². The minimum atomic E-state index is -0.535. The number of rotatable bonds is 3. The van der Waals surface area contributed by atoms with E-state index in [1.165, 1.54) is 6.20 Å². The molecule has 0 aliphatic carbocycles. The predicted octanol–water partition coefficient (Wildman–Crippen LogP) is 2.79. The summed E-state index contributed by atoms with van der Waals surface area (Å²) >= 11 is 5.62. The van der Waals surface area contributed by atoms with Crippen LogP contribution in [0.3, 0.4) is 0 Å². The first-order chi connectivity index (χ1) is 7.13. The van der Waals surface area contributed by atoms with Crippen molar-refractivity contribution in [1.82, 2.24) is 4.98 Å². The molecule has 80 valence electrons. The topological polar surface area (TPSA) is 42.0 Å². The van der Waals surface area contributed by atoms with Crippen LogP contribution in [-0.4, -0.2) is 10.9 Å². The Balaban J connectivity index is 2.62. The zero-order valence-electron chi connectivity index (χ0n) is 8.08. The molecule has 1 atom stereocenters. The third-order valence-corrected chi connectivity index (χ3v) is 1.98. The number of nitrogens with one attached hydrogen (secondary N) is 1. The standard InChI is InChI=1S/C10H10ClFN2O/c1-7(4-5-12)10(15)14-9-3-2-8(11)6-13-9/h2-7H,1H3,(H,13,14,15)/b5-4+. The summed E-state index contributed by atoms with van der Waals surface area (Å²) in [5.41, 5.74) is 0. The fraction of sp³-hybridized carbons (Fsp3) is 0.200. The third kappa shape index (κ3) is 3.67. The SMILES string of the molecule is CC(/C=C/F)C(=O)Nc1ccc(Cl)cn1. The highest BCUT2D eigenvalue weighted by atomic mass is 35.5. The molecule has 1 amide bonds. The highest BCUT2D eigenvalue weighted by molar-refractivity contribution is 6.30. The van der Waals surface area contributed by atoms with E-state index in [4.69, 9.17) is 11.6 Å². The zero-order chi connectivity index (χ0) is 11.3. The van der Waals surface area contributed by atoms with Gasteiger partial charge in [0.2, 0.25) is 5.91 Å². The Morgan fingerprint density at radius 1 is 1.67 bits per heavy atom. The van der Waals surface area contributed by atoms with E-state index in [1.807, 2.05) is 0 Å². The second-order valence-corrected chi connectivity index (χ2v) is 3.39. The summed E-state index contributed by atoms with van der Waals surface area (Å²) in [7, 11) is 0. The molecule has 0 aliphatic rings. The van der Waals surface area contributed by atoms with Gasteiger partial charge in [0, 0.05) is 6.20 Å². The van der Waals surface area contributed by atoms with Crippen LogP contribution in [0.25, 0.3) is 0 Å². The van der Waals surface area contributed by atoms with Crippen molar-refractivity contribution in [3.63, 3.8) is 0 Å². The maximum absolute atomic E-state index is 11.8. The van der Waals surface area contributed by atoms with Crippen molar-refractivity contribution in [3.8, 4) is 0 Å². The largest absolute Gasteiger partial charge is 0.310 e. The van der Waals surface area contributed by atoms with Crippen LogP contribution in [-0.2, 0) is 4.79 Å². The molecular weight excluding hydrogens is 219 g/mol. The average Bonchev–Trinajstić information content (AvgIpc) is 2.22. The van der Waals surface area contributed by atoms with Gasteiger partial charge < -0.3 is 5.32 Å². The summed E-state index contributed by atoms with van der Waals surface area (Å²) in [6.45, 7) is 1.58. The van der Waals surface area contributed by atoms with Crippen LogP contribution in [0.1, 0.15) is 6.92 Å². The first-order valence-corrected chi connectivity index (χ1v) is 4.70. The Labute approximate surface area is 92.0 Å². The van der Waals surface area contributed by atoms with E-state index in [9.17, 15) is 9.18 Å². The molecule has 1 aromatic heterocycles. The lowest BCUT2D eigenvalue weighted by Gasteiger charge is -2.06. The van der Waals surface area contributed by atoms with Crippen molar-refractivity contribution in [2.75, 3.05) is 5.32 Å². The second kappa shape index (κ2) is 5.46. The molecular formula is C10H10ClFN2O. The minimum Gasteiger partial charge on any atom is -0.310 e. The van der Waals surface area contributed by atoms with Gasteiger partial charge >= 0.3 is 0 Å². The van der Waals surface area contributed by atoms with Crippen molar-refractivity contribution >= 4 is 23.3 Å². The van der Waals surface area contributed by atoms with Crippen LogP contribution in [0, 0.1) is 5.92 Å². The average molecular weight is 229 g/mol. The smallest absolute Gasteiger partial charge is 0.232 e. The lowest BCUT2D eigenvalue weighted by Crippen LogP contribution is -2.19. The number of hydrogen-bond acceptors (Lipinski definition) is 2. The first kappa shape index (κ1) is 11.7. The van der Waals surface area contributed by atoms with Crippen molar-refractivity contribution < 1.29 is 9.18 Å². The number of pyridine rings is 1. The lowest BCUT2D eigenvalue weighted by atomic mass is 10.1. The lowest BCUT2D eigenvalue weighted by molar-refractivity contribution is -0.118. The molecule has 1 aromatic rings. The Morgan fingerprint density at radius 2 is 2.40 bits per heavy atom.